The van der Waals surface area contributed by atoms with E-state index in [1.54, 1.807) is 11.3 Å². The third-order valence-corrected chi connectivity index (χ3v) is 5.88. The van der Waals surface area contributed by atoms with Crippen molar-refractivity contribution in [3.63, 3.8) is 0 Å². The molecule has 1 saturated carbocycles. The molecule has 1 aliphatic carbocycles. The van der Waals surface area contributed by atoms with Crippen molar-refractivity contribution in [1.29, 1.82) is 0 Å². The highest BCUT2D eigenvalue weighted by Crippen LogP contribution is 2.45. The first-order valence-corrected chi connectivity index (χ1v) is 8.25. The molecule has 3 unspecified atom stereocenters. The monoisotopic (exact) mass is 309 g/mol. The van der Waals surface area contributed by atoms with E-state index >= 15 is 0 Å². The van der Waals surface area contributed by atoms with Crippen LogP contribution in [0.25, 0.3) is 0 Å². The molecule has 116 valence electrons. The molecule has 1 amide bonds. The first-order chi connectivity index (χ1) is 9.82. The lowest BCUT2D eigenvalue weighted by Gasteiger charge is -2.46. The molecule has 21 heavy (non-hydrogen) atoms. The maximum atomic E-state index is 12.1. The summed E-state index contributed by atoms with van der Waals surface area (Å²) in [6, 6.07) is 3.96. The zero-order valence-corrected chi connectivity index (χ0v) is 13.6. The van der Waals surface area contributed by atoms with Crippen LogP contribution in [0.5, 0.6) is 0 Å². The number of carboxylic acids is 1. The minimum absolute atomic E-state index is 0.0267. The summed E-state index contributed by atoms with van der Waals surface area (Å²) in [7, 11) is 0. The van der Waals surface area contributed by atoms with Crippen LogP contribution in [-0.2, 0) is 16.0 Å². The van der Waals surface area contributed by atoms with E-state index < -0.39 is 5.97 Å². The maximum absolute atomic E-state index is 12.1. The van der Waals surface area contributed by atoms with Crippen LogP contribution >= 0.6 is 11.3 Å². The fourth-order valence-electron chi connectivity index (χ4n) is 3.27. The van der Waals surface area contributed by atoms with Gasteiger partial charge in [-0.25, -0.2) is 0 Å². The molecule has 2 N–H and O–H groups in total. The maximum Gasteiger partial charge on any atom is 0.307 e. The summed E-state index contributed by atoms with van der Waals surface area (Å²) in [5.74, 6) is -0.897. The lowest BCUT2D eigenvalue weighted by molar-refractivity contribution is -0.150. The van der Waals surface area contributed by atoms with Gasteiger partial charge in [-0.2, -0.15) is 0 Å². The number of rotatable bonds is 4. The van der Waals surface area contributed by atoms with Crippen LogP contribution in [-0.4, -0.2) is 23.0 Å². The van der Waals surface area contributed by atoms with Crippen molar-refractivity contribution in [1.82, 2.24) is 5.32 Å². The van der Waals surface area contributed by atoms with Gasteiger partial charge in [0.1, 0.15) is 0 Å². The normalized spacial score (nSPS) is 28.0. The van der Waals surface area contributed by atoms with E-state index in [4.69, 9.17) is 0 Å². The lowest BCUT2D eigenvalue weighted by atomic mass is 9.61. The highest BCUT2D eigenvalue weighted by molar-refractivity contribution is 7.10. The van der Waals surface area contributed by atoms with E-state index in [0.717, 1.165) is 11.3 Å². The van der Waals surface area contributed by atoms with Gasteiger partial charge in [-0.15, -0.1) is 11.3 Å². The third-order valence-electron chi connectivity index (χ3n) is 5.00. The van der Waals surface area contributed by atoms with Crippen LogP contribution in [0.2, 0.25) is 0 Å². The summed E-state index contributed by atoms with van der Waals surface area (Å²) in [6.07, 6.45) is 1.76. The van der Waals surface area contributed by atoms with Gasteiger partial charge in [0.2, 0.25) is 5.91 Å². The van der Waals surface area contributed by atoms with E-state index in [0.29, 0.717) is 12.8 Å². The van der Waals surface area contributed by atoms with Crippen LogP contribution in [0.4, 0.5) is 0 Å². The summed E-state index contributed by atoms with van der Waals surface area (Å²) < 4.78 is 0. The Balaban J connectivity index is 1.98. The number of carboxylic acid groups (broad SMARTS) is 1. The van der Waals surface area contributed by atoms with Gasteiger partial charge >= 0.3 is 5.97 Å². The number of carbonyl (C=O) groups is 2. The number of hydrogen-bond donors (Lipinski definition) is 2. The molecule has 1 aromatic heterocycles. The Morgan fingerprint density at radius 3 is 2.71 bits per heavy atom. The molecule has 2 rings (SSSR count). The Bertz CT molecular complexity index is 510. The molecule has 0 radical (unpaired) electrons. The van der Waals surface area contributed by atoms with Crippen molar-refractivity contribution >= 4 is 23.2 Å². The number of nitrogens with one attached hydrogen (secondary N) is 1. The van der Waals surface area contributed by atoms with Gasteiger partial charge in [-0.05, 0) is 35.6 Å². The van der Waals surface area contributed by atoms with Crippen LogP contribution in [0.3, 0.4) is 0 Å². The number of thiophene rings is 1. The van der Waals surface area contributed by atoms with Crippen molar-refractivity contribution in [2.24, 2.45) is 17.3 Å². The zero-order valence-electron chi connectivity index (χ0n) is 12.8. The van der Waals surface area contributed by atoms with Crippen LogP contribution < -0.4 is 5.32 Å². The third kappa shape index (κ3) is 3.46. The van der Waals surface area contributed by atoms with Crippen molar-refractivity contribution in [2.75, 3.05) is 0 Å². The molecule has 0 aliphatic heterocycles. The van der Waals surface area contributed by atoms with Crippen LogP contribution in [0.15, 0.2) is 17.5 Å². The van der Waals surface area contributed by atoms with Gasteiger partial charge in [-0.3, -0.25) is 9.59 Å². The Morgan fingerprint density at radius 1 is 1.43 bits per heavy atom. The molecule has 1 aliphatic rings. The van der Waals surface area contributed by atoms with Gasteiger partial charge in [0, 0.05) is 10.9 Å². The predicted molar refractivity (Wildman–Crippen MR) is 83.3 cm³/mol. The lowest BCUT2D eigenvalue weighted by Crippen LogP contribution is -2.52. The van der Waals surface area contributed by atoms with E-state index in [-0.39, 0.29) is 29.2 Å². The molecular weight excluding hydrogens is 286 g/mol. The smallest absolute Gasteiger partial charge is 0.307 e. The van der Waals surface area contributed by atoms with Gasteiger partial charge in [-0.1, -0.05) is 26.8 Å². The van der Waals surface area contributed by atoms with Crippen LogP contribution in [0.1, 0.15) is 38.5 Å². The minimum atomic E-state index is -0.727. The average molecular weight is 309 g/mol. The quantitative estimate of drug-likeness (QED) is 0.898. The Hall–Kier alpha value is -1.36. The van der Waals surface area contributed by atoms with Crippen molar-refractivity contribution in [3.8, 4) is 0 Å². The van der Waals surface area contributed by atoms with Crippen molar-refractivity contribution in [2.45, 2.75) is 46.1 Å². The van der Waals surface area contributed by atoms with Crippen LogP contribution in [0, 0.1) is 17.3 Å². The molecule has 5 heteroatoms. The molecule has 1 fully saturated rings. The Labute approximate surface area is 129 Å². The van der Waals surface area contributed by atoms with E-state index in [1.807, 2.05) is 38.3 Å². The molecule has 0 spiro atoms. The zero-order chi connectivity index (χ0) is 15.6. The van der Waals surface area contributed by atoms with E-state index in [1.165, 1.54) is 0 Å². The molecule has 1 aromatic rings. The largest absolute Gasteiger partial charge is 0.481 e. The number of aliphatic carboxylic acids is 1. The highest BCUT2D eigenvalue weighted by atomic mass is 32.1. The first kappa shape index (κ1) is 16.0. The minimum Gasteiger partial charge on any atom is -0.481 e. The van der Waals surface area contributed by atoms with Gasteiger partial charge < -0.3 is 10.4 Å². The summed E-state index contributed by atoms with van der Waals surface area (Å²) in [5.41, 5.74) is -0.315. The fourth-order valence-corrected chi connectivity index (χ4v) is 3.98. The molecular formula is C16H23NO3S. The molecule has 4 nitrogen and oxygen atoms in total. The molecule has 3 atom stereocenters. The van der Waals surface area contributed by atoms with Gasteiger partial charge in [0.25, 0.3) is 0 Å². The summed E-state index contributed by atoms with van der Waals surface area (Å²) >= 11 is 1.58. The molecule has 0 aromatic carbocycles. The predicted octanol–water partition coefficient (Wildman–Crippen LogP) is 2.93. The Morgan fingerprint density at radius 2 is 2.14 bits per heavy atom. The SMILES string of the molecule is CC1C(NC(=O)Cc2cccs2)CCC(C(=O)O)C1(C)C. The van der Waals surface area contributed by atoms with E-state index in [9.17, 15) is 14.7 Å². The van der Waals surface area contributed by atoms with Gasteiger partial charge in [0.05, 0.1) is 12.3 Å². The second-order valence-corrected chi connectivity index (χ2v) is 7.54. The second-order valence-electron chi connectivity index (χ2n) is 6.51. The number of carbonyl (C=O) groups excluding carboxylic acids is 1. The highest BCUT2D eigenvalue weighted by Gasteiger charge is 2.46. The standard InChI is InChI=1S/C16H23NO3S/c1-10-13(7-6-12(15(19)20)16(10,2)3)17-14(18)9-11-5-4-8-21-11/h4-5,8,10,12-13H,6-7,9H2,1-3H3,(H,17,18)(H,19,20). The van der Waals surface area contributed by atoms with Crippen molar-refractivity contribution in [3.05, 3.63) is 22.4 Å². The summed E-state index contributed by atoms with van der Waals surface area (Å²) in [5, 5.41) is 14.4. The van der Waals surface area contributed by atoms with Crippen molar-refractivity contribution < 1.29 is 14.7 Å². The topological polar surface area (TPSA) is 66.4 Å². The van der Waals surface area contributed by atoms with Gasteiger partial charge in [0.15, 0.2) is 0 Å². The molecule has 0 bridgehead atoms. The average Bonchev–Trinajstić information content (AvgIpc) is 2.87. The Kier molecular flexibility index (Phi) is 4.71. The molecule has 1 heterocycles. The summed E-state index contributed by atoms with van der Waals surface area (Å²) in [6.45, 7) is 6.03. The summed E-state index contributed by atoms with van der Waals surface area (Å²) in [4.78, 5) is 24.6. The molecule has 0 saturated heterocycles. The second kappa shape index (κ2) is 6.18. The number of amides is 1. The first-order valence-electron chi connectivity index (χ1n) is 7.37. The number of hydrogen-bond acceptors (Lipinski definition) is 3. The fraction of sp³-hybridized carbons (Fsp3) is 0.625. The van der Waals surface area contributed by atoms with E-state index in [2.05, 4.69) is 5.32 Å².